The normalized spacial score (nSPS) is 14.9. The molecule has 0 unspecified atom stereocenters. The molecule has 6 nitrogen and oxygen atoms in total. The molecule has 4 aromatic rings. The summed E-state index contributed by atoms with van der Waals surface area (Å²) in [4.78, 5) is 21.7. The van der Waals surface area contributed by atoms with Crippen LogP contribution >= 0.6 is 0 Å². The summed E-state index contributed by atoms with van der Waals surface area (Å²) in [6.45, 7) is 6.95. The lowest BCUT2D eigenvalue weighted by atomic mass is 10.1. The first-order valence-corrected chi connectivity index (χ1v) is 11.2. The summed E-state index contributed by atoms with van der Waals surface area (Å²) < 4.78 is 4.30. The fraction of sp³-hybridized carbons (Fsp3) is 0.308. The van der Waals surface area contributed by atoms with Crippen LogP contribution in [0.15, 0.2) is 67.3 Å². The third-order valence-electron chi connectivity index (χ3n) is 6.44. The predicted molar refractivity (Wildman–Crippen MR) is 127 cm³/mol. The Morgan fingerprint density at radius 3 is 2.56 bits per heavy atom. The molecule has 0 N–H and O–H groups in total. The molecule has 3 heterocycles. The van der Waals surface area contributed by atoms with E-state index in [1.807, 2.05) is 36.6 Å². The Bertz CT molecular complexity index is 1250. The largest absolute Gasteiger partial charge is 0.348 e. The highest BCUT2D eigenvalue weighted by atomic mass is 16.2. The summed E-state index contributed by atoms with van der Waals surface area (Å²) in [6.07, 6.45) is 5.88. The number of fused-ring (bicyclic) bond motifs is 1. The summed E-state index contributed by atoms with van der Waals surface area (Å²) in [6, 6.07) is 17.0. The van der Waals surface area contributed by atoms with Crippen molar-refractivity contribution in [2.45, 2.75) is 20.0 Å². The summed E-state index contributed by atoms with van der Waals surface area (Å²) >= 11 is 0. The lowest BCUT2D eigenvalue weighted by molar-refractivity contribution is 0.0664. The maximum absolute atomic E-state index is 12.9. The van der Waals surface area contributed by atoms with Crippen molar-refractivity contribution < 1.29 is 4.79 Å². The number of imidazole rings is 1. The molecule has 6 heteroatoms. The van der Waals surface area contributed by atoms with Gasteiger partial charge in [-0.2, -0.15) is 0 Å². The fourth-order valence-corrected chi connectivity index (χ4v) is 4.41. The van der Waals surface area contributed by atoms with Crippen molar-refractivity contribution in [3.63, 3.8) is 0 Å². The summed E-state index contributed by atoms with van der Waals surface area (Å²) in [7, 11) is 2.10. The molecule has 5 rings (SSSR count). The van der Waals surface area contributed by atoms with Crippen molar-refractivity contribution in [3.05, 3.63) is 89.8 Å². The Kier molecular flexibility index (Phi) is 5.53. The topological polar surface area (TPSA) is 46.3 Å². The number of aryl methyl sites for hydroxylation is 1. The van der Waals surface area contributed by atoms with Gasteiger partial charge in [0.15, 0.2) is 0 Å². The molecule has 164 valence electrons. The highest BCUT2D eigenvalue weighted by Crippen LogP contribution is 2.19. The highest BCUT2D eigenvalue weighted by Gasteiger charge is 2.21. The Hall–Kier alpha value is -3.38. The van der Waals surface area contributed by atoms with E-state index in [0.717, 1.165) is 49.7 Å². The van der Waals surface area contributed by atoms with Crippen molar-refractivity contribution >= 4 is 16.7 Å². The first-order valence-electron chi connectivity index (χ1n) is 11.2. The third-order valence-corrected chi connectivity index (χ3v) is 6.44. The zero-order chi connectivity index (χ0) is 22.1. The van der Waals surface area contributed by atoms with Crippen molar-refractivity contribution in [2.24, 2.45) is 0 Å². The molecule has 1 aliphatic rings. The molecule has 0 saturated carbocycles. The van der Waals surface area contributed by atoms with Crippen LogP contribution in [0.1, 0.15) is 27.3 Å². The second-order valence-electron chi connectivity index (χ2n) is 8.75. The van der Waals surface area contributed by atoms with Gasteiger partial charge in [-0.3, -0.25) is 4.79 Å². The van der Waals surface area contributed by atoms with E-state index >= 15 is 0 Å². The van der Waals surface area contributed by atoms with Crippen molar-refractivity contribution in [3.8, 4) is 0 Å². The molecular formula is C26H29N5O. The van der Waals surface area contributed by atoms with Gasteiger partial charge in [-0.05, 0) is 42.4 Å². The van der Waals surface area contributed by atoms with Gasteiger partial charge in [-0.25, -0.2) is 4.98 Å². The van der Waals surface area contributed by atoms with Gasteiger partial charge in [0.2, 0.25) is 0 Å². The van der Waals surface area contributed by atoms with E-state index in [0.29, 0.717) is 6.54 Å². The molecule has 0 atom stereocenters. The lowest BCUT2D eigenvalue weighted by Gasteiger charge is -2.32. The van der Waals surface area contributed by atoms with Gasteiger partial charge < -0.3 is 18.9 Å². The van der Waals surface area contributed by atoms with E-state index in [-0.39, 0.29) is 5.91 Å². The number of benzene rings is 2. The van der Waals surface area contributed by atoms with E-state index < -0.39 is 0 Å². The fourth-order valence-electron chi connectivity index (χ4n) is 4.41. The Morgan fingerprint density at radius 1 is 0.969 bits per heavy atom. The van der Waals surface area contributed by atoms with Crippen LogP contribution in [-0.4, -0.2) is 63.1 Å². The van der Waals surface area contributed by atoms with E-state index in [1.165, 1.54) is 16.3 Å². The standard InChI is InChI=1S/C26H29N5O/c1-20-25(18-29-10-9-24(17-29)26(32)30-13-11-28(2)12-14-30)31(19-27-20)16-21-7-8-22-5-3-4-6-23(22)15-21/h3-10,15,17,19H,11-14,16,18H2,1-2H3. The minimum absolute atomic E-state index is 0.123. The summed E-state index contributed by atoms with van der Waals surface area (Å²) in [5.74, 6) is 0.123. The maximum atomic E-state index is 12.9. The van der Waals surface area contributed by atoms with Gasteiger partial charge >= 0.3 is 0 Å². The number of amides is 1. The van der Waals surface area contributed by atoms with Crippen molar-refractivity contribution in [2.75, 3.05) is 33.2 Å². The van der Waals surface area contributed by atoms with E-state index in [9.17, 15) is 4.79 Å². The van der Waals surface area contributed by atoms with Crippen molar-refractivity contribution in [1.29, 1.82) is 0 Å². The molecule has 1 aliphatic heterocycles. The quantitative estimate of drug-likeness (QED) is 0.489. The van der Waals surface area contributed by atoms with Crippen LogP contribution in [0.5, 0.6) is 0 Å². The Labute approximate surface area is 188 Å². The smallest absolute Gasteiger partial charge is 0.255 e. The molecule has 1 saturated heterocycles. The first-order chi connectivity index (χ1) is 15.6. The van der Waals surface area contributed by atoms with Gasteiger partial charge in [0.1, 0.15) is 0 Å². The monoisotopic (exact) mass is 427 g/mol. The molecule has 0 radical (unpaired) electrons. The molecule has 0 spiro atoms. The van der Waals surface area contributed by atoms with Gasteiger partial charge in [0.05, 0.1) is 29.8 Å². The number of carbonyl (C=O) groups excluding carboxylic acids is 1. The van der Waals surface area contributed by atoms with Crippen LogP contribution in [-0.2, 0) is 13.1 Å². The minimum atomic E-state index is 0.123. The SMILES string of the molecule is Cc1ncn(Cc2ccc3ccccc3c2)c1Cn1ccc(C(=O)N2CCN(C)CC2)c1. The van der Waals surface area contributed by atoms with Crippen LogP contribution in [0.25, 0.3) is 10.8 Å². The van der Waals surface area contributed by atoms with Crippen LogP contribution in [0, 0.1) is 6.92 Å². The molecule has 2 aromatic heterocycles. The average Bonchev–Trinajstić information content (AvgIpc) is 3.41. The molecule has 0 aliphatic carbocycles. The van der Waals surface area contributed by atoms with E-state index in [4.69, 9.17) is 0 Å². The number of aromatic nitrogens is 3. The first kappa shape index (κ1) is 20.5. The average molecular weight is 428 g/mol. The molecule has 0 bridgehead atoms. The second-order valence-corrected chi connectivity index (χ2v) is 8.75. The highest BCUT2D eigenvalue weighted by molar-refractivity contribution is 5.94. The minimum Gasteiger partial charge on any atom is -0.348 e. The molecule has 32 heavy (non-hydrogen) atoms. The van der Waals surface area contributed by atoms with Crippen LogP contribution in [0.3, 0.4) is 0 Å². The number of piperazine rings is 1. The Balaban J connectivity index is 1.32. The number of hydrogen-bond donors (Lipinski definition) is 0. The Morgan fingerprint density at radius 2 is 1.75 bits per heavy atom. The van der Waals surface area contributed by atoms with Crippen molar-refractivity contribution in [1.82, 2.24) is 23.9 Å². The van der Waals surface area contributed by atoms with Gasteiger partial charge in [0.25, 0.3) is 5.91 Å². The molecule has 1 fully saturated rings. The van der Waals surface area contributed by atoms with Gasteiger partial charge in [-0.15, -0.1) is 0 Å². The zero-order valence-electron chi connectivity index (χ0n) is 18.7. The third kappa shape index (κ3) is 4.18. The maximum Gasteiger partial charge on any atom is 0.255 e. The van der Waals surface area contributed by atoms with E-state index in [2.05, 4.69) is 68.5 Å². The molecule has 2 aromatic carbocycles. The summed E-state index contributed by atoms with van der Waals surface area (Å²) in [5.41, 5.74) is 4.19. The number of rotatable bonds is 5. The summed E-state index contributed by atoms with van der Waals surface area (Å²) in [5, 5.41) is 2.50. The van der Waals surface area contributed by atoms with Crippen LogP contribution in [0.2, 0.25) is 0 Å². The molecular weight excluding hydrogens is 398 g/mol. The van der Waals surface area contributed by atoms with Crippen LogP contribution in [0.4, 0.5) is 0 Å². The van der Waals surface area contributed by atoms with Crippen LogP contribution < -0.4 is 0 Å². The van der Waals surface area contributed by atoms with E-state index in [1.54, 1.807) is 0 Å². The predicted octanol–water partition coefficient (Wildman–Crippen LogP) is 3.63. The number of carbonyl (C=O) groups is 1. The molecule has 1 amide bonds. The second kappa shape index (κ2) is 8.63. The zero-order valence-corrected chi connectivity index (χ0v) is 18.7. The number of likely N-dealkylation sites (N-methyl/N-ethyl adjacent to an activating group) is 1. The number of hydrogen-bond acceptors (Lipinski definition) is 3. The number of nitrogens with zero attached hydrogens (tertiary/aromatic N) is 5. The van der Waals surface area contributed by atoms with Gasteiger partial charge in [0, 0.05) is 45.1 Å². The van der Waals surface area contributed by atoms with Gasteiger partial charge in [-0.1, -0.05) is 36.4 Å². The lowest BCUT2D eigenvalue weighted by Crippen LogP contribution is -2.47.